The molecule has 1 aliphatic heterocycles. The van der Waals surface area contributed by atoms with Crippen LogP contribution in [0.3, 0.4) is 0 Å². The summed E-state index contributed by atoms with van der Waals surface area (Å²) in [5.74, 6) is 0.933. The minimum Gasteiger partial charge on any atom is -0.497 e. The van der Waals surface area contributed by atoms with E-state index in [1.807, 2.05) is 0 Å². The highest BCUT2D eigenvalue weighted by Crippen LogP contribution is 2.29. The summed E-state index contributed by atoms with van der Waals surface area (Å²) in [5.41, 5.74) is 2.82. The van der Waals surface area contributed by atoms with E-state index < -0.39 is 0 Å². The van der Waals surface area contributed by atoms with Crippen LogP contribution in [0.1, 0.15) is 62.1 Å². The molecular formula is C27H40Cl2N2O. The smallest absolute Gasteiger partial charge is 0.118 e. The predicted octanol–water partition coefficient (Wildman–Crippen LogP) is 6.55. The summed E-state index contributed by atoms with van der Waals surface area (Å²) in [6.07, 6.45) is 11.1. The van der Waals surface area contributed by atoms with Gasteiger partial charge < -0.3 is 4.74 Å². The first-order valence-corrected chi connectivity index (χ1v) is 12.0. The van der Waals surface area contributed by atoms with Crippen LogP contribution in [0.5, 0.6) is 5.75 Å². The maximum Gasteiger partial charge on any atom is 0.118 e. The van der Waals surface area contributed by atoms with Crippen molar-refractivity contribution in [3.8, 4) is 5.75 Å². The number of halogens is 2. The van der Waals surface area contributed by atoms with Crippen LogP contribution in [0.4, 0.5) is 0 Å². The van der Waals surface area contributed by atoms with Crippen LogP contribution in [0, 0.1) is 0 Å². The standard InChI is InChI=1S/C27H38N2O.2ClH/c1-30-26-16-14-23(15-17-26)22-27(24-10-6-5-7-11-24)29-20-18-28(19-21-29)25-12-8-3-2-4-9-13-25;;/h5-7,10-11,14-17,25,27H,2-4,8-9,12-13,18-22H2,1H3;2*1H. The van der Waals surface area contributed by atoms with Crippen molar-refractivity contribution in [3.05, 3.63) is 65.7 Å². The number of methoxy groups -OCH3 is 1. The van der Waals surface area contributed by atoms with Gasteiger partial charge in [-0.2, -0.15) is 0 Å². The minimum absolute atomic E-state index is 0. The van der Waals surface area contributed by atoms with Crippen molar-refractivity contribution >= 4 is 24.8 Å². The van der Waals surface area contributed by atoms with Crippen molar-refractivity contribution in [2.45, 2.75) is 63.5 Å². The fourth-order valence-electron chi connectivity index (χ4n) is 5.33. The number of piperazine rings is 1. The monoisotopic (exact) mass is 478 g/mol. The van der Waals surface area contributed by atoms with Crippen LogP contribution in [0.2, 0.25) is 0 Å². The molecule has 3 nitrogen and oxygen atoms in total. The number of hydrogen-bond donors (Lipinski definition) is 0. The van der Waals surface area contributed by atoms with Crippen molar-refractivity contribution in [1.82, 2.24) is 9.80 Å². The minimum atomic E-state index is 0. The summed E-state index contributed by atoms with van der Waals surface area (Å²) in [4.78, 5) is 5.52. The average molecular weight is 480 g/mol. The van der Waals surface area contributed by atoms with E-state index in [0.29, 0.717) is 6.04 Å². The van der Waals surface area contributed by atoms with Gasteiger partial charge in [0, 0.05) is 38.3 Å². The Hall–Kier alpha value is -1.26. The molecule has 2 aromatic carbocycles. The molecule has 178 valence electrons. The third kappa shape index (κ3) is 7.38. The molecule has 0 bridgehead atoms. The molecule has 5 heteroatoms. The number of benzene rings is 2. The number of hydrogen-bond acceptors (Lipinski definition) is 3. The van der Waals surface area contributed by atoms with Crippen LogP contribution in [0.25, 0.3) is 0 Å². The number of rotatable bonds is 6. The Balaban J connectivity index is 0.00000181. The molecule has 1 saturated carbocycles. The highest BCUT2D eigenvalue weighted by molar-refractivity contribution is 5.85. The van der Waals surface area contributed by atoms with Gasteiger partial charge in [0.25, 0.3) is 0 Å². The van der Waals surface area contributed by atoms with E-state index in [0.717, 1.165) is 18.2 Å². The van der Waals surface area contributed by atoms with Crippen molar-refractivity contribution in [1.29, 1.82) is 0 Å². The molecule has 0 aromatic heterocycles. The van der Waals surface area contributed by atoms with Gasteiger partial charge in [-0.25, -0.2) is 0 Å². The zero-order valence-electron chi connectivity index (χ0n) is 19.5. The third-order valence-electron chi connectivity index (χ3n) is 7.15. The maximum atomic E-state index is 5.35. The van der Waals surface area contributed by atoms with Crippen molar-refractivity contribution in [2.75, 3.05) is 33.3 Å². The molecule has 1 unspecified atom stereocenters. The molecule has 0 spiro atoms. The molecule has 1 saturated heterocycles. The first-order valence-electron chi connectivity index (χ1n) is 12.0. The second-order valence-electron chi connectivity index (χ2n) is 9.05. The second kappa shape index (κ2) is 14.1. The summed E-state index contributed by atoms with van der Waals surface area (Å²) in [6, 6.07) is 21.0. The van der Waals surface area contributed by atoms with Crippen molar-refractivity contribution < 1.29 is 4.74 Å². The quantitative estimate of drug-likeness (QED) is 0.467. The van der Waals surface area contributed by atoms with Gasteiger partial charge >= 0.3 is 0 Å². The Kier molecular flexibility index (Phi) is 11.9. The van der Waals surface area contributed by atoms with Crippen LogP contribution < -0.4 is 4.74 Å². The third-order valence-corrected chi connectivity index (χ3v) is 7.15. The molecule has 2 aromatic rings. The van der Waals surface area contributed by atoms with Crippen molar-refractivity contribution in [2.24, 2.45) is 0 Å². The second-order valence-corrected chi connectivity index (χ2v) is 9.05. The predicted molar refractivity (Wildman–Crippen MR) is 140 cm³/mol. The lowest BCUT2D eigenvalue weighted by molar-refractivity contribution is 0.0595. The molecule has 0 amide bonds. The number of nitrogens with zero attached hydrogens (tertiary/aromatic N) is 2. The molecule has 2 fully saturated rings. The van der Waals surface area contributed by atoms with Gasteiger partial charge in [-0.3, -0.25) is 9.80 Å². The SMILES string of the molecule is COc1ccc(CC(c2ccccc2)N2CCN(C3CCCCCCC3)CC2)cc1.Cl.Cl. The molecule has 0 N–H and O–H groups in total. The molecule has 1 atom stereocenters. The highest BCUT2D eigenvalue weighted by Gasteiger charge is 2.28. The molecule has 2 aliphatic rings. The molecular weight excluding hydrogens is 439 g/mol. The lowest BCUT2D eigenvalue weighted by Crippen LogP contribution is -2.51. The largest absolute Gasteiger partial charge is 0.497 e. The van der Waals surface area contributed by atoms with Gasteiger partial charge in [0.15, 0.2) is 0 Å². The van der Waals surface area contributed by atoms with E-state index in [9.17, 15) is 0 Å². The summed E-state index contributed by atoms with van der Waals surface area (Å²) >= 11 is 0. The van der Waals surface area contributed by atoms with E-state index in [4.69, 9.17) is 4.74 Å². The van der Waals surface area contributed by atoms with Crippen LogP contribution in [0.15, 0.2) is 54.6 Å². The van der Waals surface area contributed by atoms with Gasteiger partial charge in [-0.1, -0.05) is 74.6 Å². The molecule has 32 heavy (non-hydrogen) atoms. The van der Waals surface area contributed by atoms with Crippen LogP contribution >= 0.6 is 24.8 Å². The van der Waals surface area contributed by atoms with Crippen molar-refractivity contribution in [3.63, 3.8) is 0 Å². The van der Waals surface area contributed by atoms with E-state index >= 15 is 0 Å². The Morgan fingerprint density at radius 2 is 1.38 bits per heavy atom. The Bertz CT molecular complexity index is 740. The summed E-state index contributed by atoms with van der Waals surface area (Å²) in [7, 11) is 1.73. The highest BCUT2D eigenvalue weighted by atomic mass is 35.5. The van der Waals surface area contributed by atoms with E-state index in [1.165, 1.54) is 82.3 Å². The lowest BCUT2D eigenvalue weighted by atomic mass is 9.94. The lowest BCUT2D eigenvalue weighted by Gasteiger charge is -2.43. The van der Waals surface area contributed by atoms with Gasteiger partial charge in [0.1, 0.15) is 5.75 Å². The fraction of sp³-hybridized carbons (Fsp3) is 0.556. The maximum absolute atomic E-state index is 5.35. The van der Waals surface area contributed by atoms with E-state index in [2.05, 4.69) is 64.4 Å². The molecule has 4 rings (SSSR count). The van der Waals surface area contributed by atoms with Crippen LogP contribution in [-0.2, 0) is 6.42 Å². The topological polar surface area (TPSA) is 15.7 Å². The first kappa shape index (κ1) is 27.0. The van der Waals surface area contributed by atoms with Gasteiger partial charge in [0.2, 0.25) is 0 Å². The molecule has 1 aliphatic carbocycles. The first-order chi connectivity index (χ1) is 14.8. The Morgan fingerprint density at radius 1 is 0.781 bits per heavy atom. The van der Waals surface area contributed by atoms with E-state index in [-0.39, 0.29) is 24.8 Å². The van der Waals surface area contributed by atoms with Gasteiger partial charge in [0.05, 0.1) is 7.11 Å². The zero-order valence-corrected chi connectivity index (χ0v) is 21.1. The zero-order chi connectivity index (χ0) is 20.6. The number of ether oxygens (including phenoxy) is 1. The van der Waals surface area contributed by atoms with Crippen LogP contribution in [-0.4, -0.2) is 49.1 Å². The van der Waals surface area contributed by atoms with Gasteiger partial charge in [-0.15, -0.1) is 24.8 Å². The molecule has 1 heterocycles. The normalized spacial score (nSPS) is 19.7. The van der Waals surface area contributed by atoms with Gasteiger partial charge in [-0.05, 0) is 42.5 Å². The van der Waals surface area contributed by atoms with E-state index in [1.54, 1.807) is 7.11 Å². The summed E-state index contributed by atoms with van der Waals surface area (Å²) < 4.78 is 5.35. The Morgan fingerprint density at radius 3 is 1.97 bits per heavy atom. The summed E-state index contributed by atoms with van der Waals surface area (Å²) in [6.45, 7) is 4.78. The average Bonchev–Trinajstić information content (AvgIpc) is 2.79. The fourth-order valence-corrected chi connectivity index (χ4v) is 5.33. The molecule has 0 radical (unpaired) electrons. The summed E-state index contributed by atoms with van der Waals surface area (Å²) in [5, 5.41) is 0. The Labute approximate surface area is 207 Å².